The summed E-state index contributed by atoms with van der Waals surface area (Å²) < 4.78 is 30.9. The molecule has 0 bridgehead atoms. The SMILES string of the molecule is CCOc1ccc(N(CCC(=O)NCCC2=CCCCC2)S(C)(=O)=O)cc1. The third kappa shape index (κ3) is 7.25. The monoisotopic (exact) mass is 394 g/mol. The van der Waals surface area contributed by atoms with E-state index in [-0.39, 0.29) is 18.9 Å². The van der Waals surface area contributed by atoms with E-state index in [1.807, 2.05) is 6.92 Å². The molecule has 1 amide bonds. The minimum absolute atomic E-state index is 0.112. The topological polar surface area (TPSA) is 75.7 Å². The molecule has 0 saturated carbocycles. The molecule has 2 rings (SSSR count). The summed E-state index contributed by atoms with van der Waals surface area (Å²) >= 11 is 0. The van der Waals surface area contributed by atoms with Crippen molar-refractivity contribution in [1.29, 1.82) is 0 Å². The molecule has 0 spiro atoms. The smallest absolute Gasteiger partial charge is 0.232 e. The van der Waals surface area contributed by atoms with Crippen LogP contribution in [0.4, 0.5) is 5.69 Å². The van der Waals surface area contributed by atoms with E-state index in [0.717, 1.165) is 25.5 Å². The summed E-state index contributed by atoms with van der Waals surface area (Å²) in [5.74, 6) is 0.551. The molecule has 0 heterocycles. The summed E-state index contributed by atoms with van der Waals surface area (Å²) in [4.78, 5) is 12.1. The van der Waals surface area contributed by atoms with E-state index in [9.17, 15) is 13.2 Å². The van der Waals surface area contributed by atoms with Gasteiger partial charge in [-0.2, -0.15) is 0 Å². The van der Waals surface area contributed by atoms with Crippen LogP contribution in [0, 0.1) is 0 Å². The minimum Gasteiger partial charge on any atom is -0.494 e. The molecule has 0 unspecified atom stereocenters. The van der Waals surface area contributed by atoms with Gasteiger partial charge in [0.05, 0.1) is 18.6 Å². The highest BCUT2D eigenvalue weighted by Crippen LogP contribution is 2.22. The lowest BCUT2D eigenvalue weighted by Gasteiger charge is -2.22. The second kappa shape index (κ2) is 10.3. The Kier molecular flexibility index (Phi) is 8.16. The molecule has 1 aliphatic rings. The summed E-state index contributed by atoms with van der Waals surface area (Å²) in [6, 6.07) is 6.85. The first-order valence-corrected chi connectivity index (χ1v) is 11.4. The normalized spacial score (nSPS) is 14.4. The number of amides is 1. The van der Waals surface area contributed by atoms with Gasteiger partial charge in [0, 0.05) is 19.5 Å². The van der Waals surface area contributed by atoms with Gasteiger partial charge >= 0.3 is 0 Å². The number of allylic oxidation sites excluding steroid dienone is 1. The zero-order valence-electron chi connectivity index (χ0n) is 16.2. The Labute approximate surface area is 162 Å². The number of nitrogens with one attached hydrogen (secondary N) is 1. The molecule has 1 aliphatic carbocycles. The van der Waals surface area contributed by atoms with Gasteiger partial charge < -0.3 is 10.1 Å². The van der Waals surface area contributed by atoms with Crippen molar-refractivity contribution in [2.45, 2.75) is 45.4 Å². The van der Waals surface area contributed by atoms with Gasteiger partial charge in [0.2, 0.25) is 15.9 Å². The molecule has 1 aromatic rings. The molecule has 0 aliphatic heterocycles. The second-order valence-corrected chi connectivity index (χ2v) is 8.63. The van der Waals surface area contributed by atoms with Crippen LogP contribution in [0.2, 0.25) is 0 Å². The van der Waals surface area contributed by atoms with Crippen LogP contribution in [0.15, 0.2) is 35.9 Å². The predicted octanol–water partition coefficient (Wildman–Crippen LogP) is 3.25. The Bertz CT molecular complexity index is 742. The largest absolute Gasteiger partial charge is 0.494 e. The second-order valence-electron chi connectivity index (χ2n) is 6.72. The maximum Gasteiger partial charge on any atom is 0.232 e. The van der Waals surface area contributed by atoms with E-state index in [1.165, 1.54) is 22.7 Å². The van der Waals surface area contributed by atoms with Crippen molar-refractivity contribution in [2.75, 3.05) is 30.3 Å². The van der Waals surface area contributed by atoms with Gasteiger partial charge in [-0.25, -0.2) is 8.42 Å². The number of sulfonamides is 1. The summed E-state index contributed by atoms with van der Waals surface area (Å²) in [6.45, 7) is 3.15. The molecule has 6 nitrogen and oxygen atoms in total. The van der Waals surface area contributed by atoms with E-state index in [4.69, 9.17) is 4.74 Å². The van der Waals surface area contributed by atoms with Crippen molar-refractivity contribution in [3.63, 3.8) is 0 Å². The van der Waals surface area contributed by atoms with Gasteiger partial charge in [0.15, 0.2) is 0 Å². The number of rotatable bonds is 10. The number of carbonyl (C=O) groups excluding carboxylic acids is 1. The molecule has 0 atom stereocenters. The molecule has 1 N–H and O–H groups in total. The quantitative estimate of drug-likeness (QED) is 0.618. The molecule has 0 fully saturated rings. The minimum atomic E-state index is -3.47. The lowest BCUT2D eigenvalue weighted by Crippen LogP contribution is -2.35. The fourth-order valence-corrected chi connectivity index (χ4v) is 4.07. The Hall–Kier alpha value is -2.02. The molecular weight excluding hydrogens is 364 g/mol. The van der Waals surface area contributed by atoms with Crippen molar-refractivity contribution in [3.8, 4) is 5.75 Å². The Morgan fingerprint density at radius 2 is 1.96 bits per heavy atom. The highest BCUT2D eigenvalue weighted by atomic mass is 32.2. The van der Waals surface area contributed by atoms with E-state index in [0.29, 0.717) is 24.6 Å². The molecule has 1 aromatic carbocycles. The van der Waals surface area contributed by atoms with Gasteiger partial charge in [0.1, 0.15) is 5.75 Å². The van der Waals surface area contributed by atoms with Crippen molar-refractivity contribution in [2.24, 2.45) is 0 Å². The maximum absolute atomic E-state index is 12.1. The first-order valence-electron chi connectivity index (χ1n) is 9.55. The van der Waals surface area contributed by atoms with Crippen molar-refractivity contribution < 1.29 is 17.9 Å². The van der Waals surface area contributed by atoms with Crippen LogP contribution < -0.4 is 14.4 Å². The van der Waals surface area contributed by atoms with Gasteiger partial charge in [-0.15, -0.1) is 0 Å². The van der Waals surface area contributed by atoms with Crippen molar-refractivity contribution >= 4 is 21.6 Å². The molecule has 150 valence electrons. The van der Waals surface area contributed by atoms with Crippen LogP contribution in [0.5, 0.6) is 5.75 Å². The first-order chi connectivity index (χ1) is 12.9. The van der Waals surface area contributed by atoms with Crippen LogP contribution >= 0.6 is 0 Å². The lowest BCUT2D eigenvalue weighted by atomic mass is 9.97. The number of carbonyl (C=O) groups is 1. The van der Waals surface area contributed by atoms with Crippen LogP contribution in [0.1, 0.15) is 45.4 Å². The Balaban J connectivity index is 1.86. The summed E-state index contributed by atoms with van der Waals surface area (Å²) in [5, 5.41) is 2.89. The lowest BCUT2D eigenvalue weighted by molar-refractivity contribution is -0.120. The van der Waals surface area contributed by atoms with Gasteiger partial charge in [-0.3, -0.25) is 9.10 Å². The molecule has 7 heteroatoms. The molecule has 0 aromatic heterocycles. The van der Waals surface area contributed by atoms with E-state index >= 15 is 0 Å². The third-order valence-electron chi connectivity index (χ3n) is 4.53. The van der Waals surface area contributed by atoms with Gasteiger partial charge in [-0.1, -0.05) is 11.6 Å². The van der Waals surface area contributed by atoms with Crippen LogP contribution in [-0.2, 0) is 14.8 Å². The summed E-state index contributed by atoms with van der Waals surface area (Å²) in [6.07, 6.45) is 9.15. The molecule has 0 saturated heterocycles. The molecule has 0 radical (unpaired) electrons. The maximum atomic E-state index is 12.1. The highest BCUT2D eigenvalue weighted by Gasteiger charge is 2.18. The number of ether oxygens (including phenoxy) is 1. The summed E-state index contributed by atoms with van der Waals surface area (Å²) in [7, 11) is -3.47. The fourth-order valence-electron chi connectivity index (χ4n) is 3.15. The average Bonchev–Trinajstić information content (AvgIpc) is 2.63. The fraction of sp³-hybridized carbons (Fsp3) is 0.550. The van der Waals surface area contributed by atoms with E-state index in [2.05, 4.69) is 11.4 Å². The number of nitrogens with zero attached hydrogens (tertiary/aromatic N) is 1. The van der Waals surface area contributed by atoms with Gasteiger partial charge in [0.25, 0.3) is 0 Å². The highest BCUT2D eigenvalue weighted by molar-refractivity contribution is 7.92. The number of hydrogen-bond donors (Lipinski definition) is 1. The van der Waals surface area contributed by atoms with Crippen LogP contribution in [0.25, 0.3) is 0 Å². The standard InChI is InChI=1S/C20H30N2O4S/c1-3-26-19-11-9-18(10-12-19)22(27(2,24)25)16-14-20(23)21-15-13-17-7-5-4-6-8-17/h7,9-12H,3-6,8,13-16H2,1-2H3,(H,21,23). The van der Waals surface area contributed by atoms with E-state index < -0.39 is 10.0 Å². The van der Waals surface area contributed by atoms with Gasteiger partial charge in [-0.05, 0) is 63.3 Å². The van der Waals surface area contributed by atoms with Crippen molar-refractivity contribution in [1.82, 2.24) is 5.32 Å². The van der Waals surface area contributed by atoms with Crippen LogP contribution in [0.3, 0.4) is 0 Å². The predicted molar refractivity (Wildman–Crippen MR) is 109 cm³/mol. The summed E-state index contributed by atoms with van der Waals surface area (Å²) in [5.41, 5.74) is 1.94. The zero-order chi connectivity index (χ0) is 19.7. The number of anilines is 1. The Morgan fingerprint density at radius 1 is 1.22 bits per heavy atom. The van der Waals surface area contributed by atoms with Crippen molar-refractivity contribution in [3.05, 3.63) is 35.9 Å². The Morgan fingerprint density at radius 3 is 2.56 bits per heavy atom. The van der Waals surface area contributed by atoms with Crippen LogP contribution in [-0.4, -0.2) is 40.3 Å². The van der Waals surface area contributed by atoms with E-state index in [1.54, 1.807) is 24.3 Å². The molecular formula is C20H30N2O4S. The third-order valence-corrected chi connectivity index (χ3v) is 5.73. The molecule has 27 heavy (non-hydrogen) atoms. The number of benzene rings is 1. The average molecular weight is 395 g/mol. The zero-order valence-corrected chi connectivity index (χ0v) is 17.1. The number of hydrogen-bond acceptors (Lipinski definition) is 4. The first kappa shape index (κ1) is 21.3.